The Balaban J connectivity index is 2.01. The van der Waals surface area contributed by atoms with Gasteiger partial charge in [-0.3, -0.25) is 4.79 Å². The molecule has 1 N–H and O–H groups in total. The lowest BCUT2D eigenvalue weighted by Crippen LogP contribution is -2.28. The zero-order chi connectivity index (χ0) is 15.7. The molecule has 1 aliphatic rings. The molecular formula is C19H19NO2. The number of allylic oxidation sites excluding steroid dienone is 1. The van der Waals surface area contributed by atoms with Crippen molar-refractivity contribution in [2.75, 3.05) is 7.11 Å². The minimum Gasteiger partial charge on any atom is -0.497 e. The molecule has 0 saturated heterocycles. The summed E-state index contributed by atoms with van der Waals surface area (Å²) in [5.74, 6) is 0.826. The van der Waals surface area contributed by atoms with E-state index < -0.39 is 0 Å². The number of rotatable bonds is 3. The SMILES string of the molecule is COc1ccc2c(c1)C(C)(C)N/C2=C\C(=O)c1ccccc1. The average molecular weight is 293 g/mol. The largest absolute Gasteiger partial charge is 0.497 e. The molecule has 112 valence electrons. The lowest BCUT2D eigenvalue weighted by molar-refractivity contribution is 0.104. The van der Waals surface area contributed by atoms with Crippen molar-refractivity contribution in [2.24, 2.45) is 0 Å². The number of ether oxygens (including phenoxy) is 1. The van der Waals surface area contributed by atoms with Gasteiger partial charge in [0.25, 0.3) is 0 Å². The predicted molar refractivity (Wildman–Crippen MR) is 87.9 cm³/mol. The molecule has 1 heterocycles. The van der Waals surface area contributed by atoms with Crippen molar-refractivity contribution >= 4 is 11.5 Å². The summed E-state index contributed by atoms with van der Waals surface area (Å²) < 4.78 is 5.30. The highest BCUT2D eigenvalue weighted by atomic mass is 16.5. The summed E-state index contributed by atoms with van der Waals surface area (Å²) in [5, 5.41) is 3.43. The van der Waals surface area contributed by atoms with Crippen LogP contribution in [0.4, 0.5) is 0 Å². The molecule has 0 saturated carbocycles. The number of nitrogens with one attached hydrogen (secondary N) is 1. The minimum atomic E-state index is -0.229. The quantitative estimate of drug-likeness (QED) is 0.692. The Hall–Kier alpha value is -2.55. The molecule has 0 bridgehead atoms. The van der Waals surface area contributed by atoms with E-state index in [0.717, 1.165) is 22.6 Å². The molecule has 22 heavy (non-hydrogen) atoms. The molecule has 0 radical (unpaired) electrons. The van der Waals surface area contributed by atoms with Gasteiger partial charge in [0, 0.05) is 22.9 Å². The van der Waals surface area contributed by atoms with Crippen molar-refractivity contribution < 1.29 is 9.53 Å². The number of ketones is 1. The molecule has 0 amide bonds. The van der Waals surface area contributed by atoms with Gasteiger partial charge in [-0.05, 0) is 37.6 Å². The molecule has 0 fully saturated rings. The van der Waals surface area contributed by atoms with Crippen molar-refractivity contribution in [1.29, 1.82) is 0 Å². The standard InChI is InChI=1S/C19H19NO2/c1-19(2)16-11-14(22-3)9-10-15(16)17(20-19)12-18(21)13-7-5-4-6-8-13/h4-12,20H,1-3H3/b17-12-. The van der Waals surface area contributed by atoms with E-state index in [1.807, 2.05) is 48.5 Å². The number of hydrogen-bond acceptors (Lipinski definition) is 3. The van der Waals surface area contributed by atoms with Gasteiger partial charge in [0.2, 0.25) is 0 Å². The Morgan fingerprint density at radius 1 is 1.14 bits per heavy atom. The van der Waals surface area contributed by atoms with Crippen LogP contribution in [0.5, 0.6) is 5.75 Å². The van der Waals surface area contributed by atoms with Crippen molar-refractivity contribution in [3.63, 3.8) is 0 Å². The topological polar surface area (TPSA) is 38.3 Å². The smallest absolute Gasteiger partial charge is 0.187 e. The van der Waals surface area contributed by atoms with Gasteiger partial charge in [-0.15, -0.1) is 0 Å². The van der Waals surface area contributed by atoms with Crippen LogP contribution >= 0.6 is 0 Å². The number of methoxy groups -OCH3 is 1. The van der Waals surface area contributed by atoms with E-state index in [1.165, 1.54) is 0 Å². The zero-order valence-electron chi connectivity index (χ0n) is 13.0. The van der Waals surface area contributed by atoms with Gasteiger partial charge in [-0.2, -0.15) is 0 Å². The van der Waals surface area contributed by atoms with E-state index in [9.17, 15) is 4.79 Å². The number of carbonyl (C=O) groups excluding carboxylic acids is 1. The van der Waals surface area contributed by atoms with E-state index >= 15 is 0 Å². The zero-order valence-corrected chi connectivity index (χ0v) is 13.0. The third-order valence-electron chi connectivity index (χ3n) is 3.97. The lowest BCUT2D eigenvalue weighted by atomic mass is 9.94. The molecule has 0 aliphatic carbocycles. The second-order valence-electron chi connectivity index (χ2n) is 5.95. The fourth-order valence-electron chi connectivity index (χ4n) is 2.80. The van der Waals surface area contributed by atoms with E-state index in [0.29, 0.717) is 5.56 Å². The predicted octanol–water partition coefficient (Wildman–Crippen LogP) is 3.76. The van der Waals surface area contributed by atoms with Gasteiger partial charge in [-0.25, -0.2) is 0 Å². The first-order chi connectivity index (χ1) is 10.5. The Morgan fingerprint density at radius 2 is 1.86 bits per heavy atom. The van der Waals surface area contributed by atoms with Crippen LogP contribution in [0, 0.1) is 0 Å². The molecule has 3 nitrogen and oxygen atoms in total. The van der Waals surface area contributed by atoms with Crippen molar-refractivity contribution in [2.45, 2.75) is 19.4 Å². The number of carbonyl (C=O) groups is 1. The molecule has 0 spiro atoms. The fourth-order valence-corrected chi connectivity index (χ4v) is 2.80. The van der Waals surface area contributed by atoms with Gasteiger partial charge >= 0.3 is 0 Å². The van der Waals surface area contributed by atoms with Gasteiger partial charge in [-0.1, -0.05) is 30.3 Å². The average Bonchev–Trinajstić information content (AvgIpc) is 2.78. The molecule has 3 rings (SSSR count). The Bertz CT molecular complexity index is 745. The first-order valence-electron chi connectivity index (χ1n) is 7.29. The number of fused-ring (bicyclic) bond motifs is 1. The van der Waals surface area contributed by atoms with Gasteiger partial charge in [0.05, 0.1) is 12.6 Å². The first-order valence-corrected chi connectivity index (χ1v) is 7.29. The van der Waals surface area contributed by atoms with E-state index in [2.05, 4.69) is 19.2 Å². The van der Waals surface area contributed by atoms with Crippen molar-refractivity contribution in [3.05, 3.63) is 71.3 Å². The molecule has 1 aliphatic heterocycles. The van der Waals surface area contributed by atoms with Gasteiger partial charge in [0.1, 0.15) is 5.75 Å². The molecule has 3 heteroatoms. The Morgan fingerprint density at radius 3 is 2.55 bits per heavy atom. The van der Waals surface area contributed by atoms with E-state index in [4.69, 9.17) is 4.74 Å². The molecule has 0 aromatic heterocycles. The van der Waals surface area contributed by atoms with Crippen molar-refractivity contribution in [1.82, 2.24) is 5.32 Å². The van der Waals surface area contributed by atoms with Crippen LogP contribution < -0.4 is 10.1 Å². The highest BCUT2D eigenvalue weighted by Gasteiger charge is 2.33. The van der Waals surface area contributed by atoms with Gasteiger partial charge in [0.15, 0.2) is 5.78 Å². The molecule has 2 aromatic rings. The van der Waals surface area contributed by atoms with E-state index in [-0.39, 0.29) is 11.3 Å². The van der Waals surface area contributed by atoms with Crippen LogP contribution in [-0.4, -0.2) is 12.9 Å². The summed E-state index contributed by atoms with van der Waals surface area (Å²) in [5.41, 5.74) is 3.51. The molecular weight excluding hydrogens is 274 g/mol. The monoisotopic (exact) mass is 293 g/mol. The Labute approximate surface area is 130 Å². The fraction of sp³-hybridized carbons (Fsp3) is 0.211. The lowest BCUT2D eigenvalue weighted by Gasteiger charge is -2.20. The van der Waals surface area contributed by atoms with Crippen LogP contribution in [0.3, 0.4) is 0 Å². The highest BCUT2D eigenvalue weighted by molar-refractivity contribution is 6.08. The van der Waals surface area contributed by atoms with Crippen molar-refractivity contribution in [3.8, 4) is 5.75 Å². The van der Waals surface area contributed by atoms with Crippen LogP contribution in [0.1, 0.15) is 35.3 Å². The van der Waals surface area contributed by atoms with Crippen LogP contribution in [-0.2, 0) is 5.54 Å². The van der Waals surface area contributed by atoms with E-state index in [1.54, 1.807) is 13.2 Å². The number of hydrogen-bond donors (Lipinski definition) is 1. The normalized spacial score (nSPS) is 17.0. The van der Waals surface area contributed by atoms with Crippen LogP contribution in [0.15, 0.2) is 54.6 Å². The van der Waals surface area contributed by atoms with Crippen LogP contribution in [0.25, 0.3) is 5.70 Å². The molecule has 0 atom stereocenters. The minimum absolute atomic E-state index is 0.00238. The summed E-state index contributed by atoms with van der Waals surface area (Å²) in [6.07, 6.45) is 1.68. The summed E-state index contributed by atoms with van der Waals surface area (Å²) in [7, 11) is 1.66. The first kappa shape index (κ1) is 14.4. The summed E-state index contributed by atoms with van der Waals surface area (Å²) in [6, 6.07) is 15.2. The maximum Gasteiger partial charge on any atom is 0.187 e. The summed E-state index contributed by atoms with van der Waals surface area (Å²) >= 11 is 0. The summed E-state index contributed by atoms with van der Waals surface area (Å²) in [4.78, 5) is 12.4. The highest BCUT2D eigenvalue weighted by Crippen LogP contribution is 2.38. The maximum absolute atomic E-state index is 12.4. The maximum atomic E-state index is 12.4. The molecule has 0 unspecified atom stereocenters. The summed E-state index contributed by atoms with van der Waals surface area (Å²) in [6.45, 7) is 4.19. The van der Waals surface area contributed by atoms with Gasteiger partial charge < -0.3 is 10.1 Å². The Kier molecular flexibility index (Phi) is 3.49. The van der Waals surface area contributed by atoms with Crippen LogP contribution in [0.2, 0.25) is 0 Å². The second-order valence-corrected chi connectivity index (χ2v) is 5.95. The third-order valence-corrected chi connectivity index (χ3v) is 3.97. The number of benzene rings is 2. The second kappa shape index (κ2) is 5.34. The molecule has 2 aromatic carbocycles. The third kappa shape index (κ3) is 2.50.